The predicted octanol–water partition coefficient (Wildman–Crippen LogP) is 4.62. The Kier molecular flexibility index (Phi) is 10.4. The third kappa shape index (κ3) is 7.00. The number of aromatic nitrogens is 1. The molecule has 0 aliphatic heterocycles. The van der Waals surface area contributed by atoms with E-state index in [0.717, 1.165) is 41.3 Å². The van der Waals surface area contributed by atoms with Crippen molar-refractivity contribution in [3.63, 3.8) is 0 Å². The van der Waals surface area contributed by atoms with Gasteiger partial charge in [-0.15, -0.1) is 35.7 Å². The minimum atomic E-state index is 0. The summed E-state index contributed by atoms with van der Waals surface area (Å²) in [5.74, 6) is 2.93. The minimum Gasteiger partial charge on any atom is -0.361 e. The second-order valence-corrected chi connectivity index (χ2v) is 7.43. The summed E-state index contributed by atoms with van der Waals surface area (Å²) in [5, 5.41) is 11.5. The van der Waals surface area contributed by atoms with Gasteiger partial charge in [-0.1, -0.05) is 23.7 Å². The Hall–Kier alpha value is -0.930. The van der Waals surface area contributed by atoms with Crippen LogP contribution in [0.2, 0.25) is 5.02 Å². The van der Waals surface area contributed by atoms with Crippen LogP contribution in [0.25, 0.3) is 0 Å². The van der Waals surface area contributed by atoms with Gasteiger partial charge in [0.05, 0.1) is 5.69 Å². The van der Waals surface area contributed by atoms with Gasteiger partial charge in [0.25, 0.3) is 0 Å². The van der Waals surface area contributed by atoms with Gasteiger partial charge in [0, 0.05) is 47.3 Å². The standard InChI is InChI=1S/C18H25ClN4OS.HI/c1-12(17-13(2)23-24-14(17)3)11-22-18(20-4)21-9-10-25-16-7-5-15(19)6-8-16;/h5-8,12H,9-11H2,1-4H3,(H2,20,21,22);1H. The van der Waals surface area contributed by atoms with E-state index in [2.05, 4.69) is 27.7 Å². The van der Waals surface area contributed by atoms with Gasteiger partial charge >= 0.3 is 0 Å². The van der Waals surface area contributed by atoms with Crippen LogP contribution in [0, 0.1) is 13.8 Å². The zero-order valence-electron chi connectivity index (χ0n) is 15.5. The van der Waals surface area contributed by atoms with E-state index in [1.54, 1.807) is 18.8 Å². The Morgan fingerprint density at radius 1 is 1.27 bits per heavy atom. The van der Waals surface area contributed by atoms with Crippen molar-refractivity contribution in [1.29, 1.82) is 0 Å². The van der Waals surface area contributed by atoms with Crippen LogP contribution in [-0.2, 0) is 0 Å². The molecule has 144 valence electrons. The molecular formula is C18H26ClIN4OS. The summed E-state index contributed by atoms with van der Waals surface area (Å²) in [4.78, 5) is 5.48. The number of rotatable bonds is 7. The molecule has 2 aromatic rings. The number of nitrogens with one attached hydrogen (secondary N) is 2. The van der Waals surface area contributed by atoms with Crippen molar-refractivity contribution in [2.45, 2.75) is 31.6 Å². The number of thioether (sulfide) groups is 1. The first-order valence-corrected chi connectivity index (χ1v) is 9.63. The first-order chi connectivity index (χ1) is 12.0. The maximum atomic E-state index is 5.89. The summed E-state index contributed by atoms with van der Waals surface area (Å²) in [6.45, 7) is 7.68. The lowest BCUT2D eigenvalue weighted by atomic mass is 10.00. The third-order valence-electron chi connectivity index (χ3n) is 3.86. The van der Waals surface area contributed by atoms with Gasteiger partial charge in [-0.05, 0) is 38.1 Å². The van der Waals surface area contributed by atoms with Crippen LogP contribution in [0.3, 0.4) is 0 Å². The monoisotopic (exact) mass is 508 g/mol. The van der Waals surface area contributed by atoms with Crippen LogP contribution in [0.1, 0.15) is 29.9 Å². The lowest BCUT2D eigenvalue weighted by molar-refractivity contribution is 0.391. The van der Waals surface area contributed by atoms with Crippen molar-refractivity contribution in [1.82, 2.24) is 15.8 Å². The molecule has 5 nitrogen and oxygen atoms in total. The molecule has 0 saturated heterocycles. The average Bonchev–Trinajstić information content (AvgIpc) is 2.94. The zero-order valence-corrected chi connectivity index (χ0v) is 19.4. The number of hydrogen-bond donors (Lipinski definition) is 2. The van der Waals surface area contributed by atoms with Crippen LogP contribution in [-0.4, -0.2) is 37.0 Å². The second-order valence-electron chi connectivity index (χ2n) is 5.82. The van der Waals surface area contributed by atoms with Crippen LogP contribution in [0.5, 0.6) is 0 Å². The van der Waals surface area contributed by atoms with Crippen molar-refractivity contribution >= 4 is 53.3 Å². The first-order valence-electron chi connectivity index (χ1n) is 8.27. The highest BCUT2D eigenvalue weighted by molar-refractivity contribution is 14.0. The van der Waals surface area contributed by atoms with E-state index in [1.165, 1.54) is 10.5 Å². The third-order valence-corrected chi connectivity index (χ3v) is 5.12. The highest BCUT2D eigenvalue weighted by atomic mass is 127. The van der Waals surface area contributed by atoms with Crippen LogP contribution < -0.4 is 10.6 Å². The summed E-state index contributed by atoms with van der Waals surface area (Å²) in [7, 11) is 1.78. The Morgan fingerprint density at radius 3 is 2.54 bits per heavy atom. The summed E-state index contributed by atoms with van der Waals surface area (Å²) < 4.78 is 5.24. The fraction of sp³-hybridized carbons (Fsp3) is 0.444. The molecule has 0 bridgehead atoms. The molecule has 0 amide bonds. The number of guanidine groups is 1. The number of aryl methyl sites for hydroxylation is 2. The molecule has 0 aliphatic rings. The molecule has 1 atom stereocenters. The van der Waals surface area contributed by atoms with Crippen molar-refractivity contribution in [2.24, 2.45) is 4.99 Å². The van der Waals surface area contributed by atoms with E-state index in [9.17, 15) is 0 Å². The largest absolute Gasteiger partial charge is 0.361 e. The molecule has 2 rings (SSSR count). The summed E-state index contributed by atoms with van der Waals surface area (Å²) in [5.41, 5.74) is 2.12. The smallest absolute Gasteiger partial charge is 0.191 e. The Labute approximate surface area is 181 Å². The minimum absolute atomic E-state index is 0. The number of hydrogen-bond acceptors (Lipinski definition) is 4. The van der Waals surface area contributed by atoms with E-state index in [1.807, 2.05) is 38.1 Å². The molecule has 26 heavy (non-hydrogen) atoms. The highest BCUT2D eigenvalue weighted by Gasteiger charge is 2.16. The van der Waals surface area contributed by atoms with Crippen LogP contribution in [0.15, 0.2) is 38.7 Å². The van der Waals surface area contributed by atoms with Crippen molar-refractivity contribution in [3.05, 3.63) is 46.3 Å². The molecule has 0 radical (unpaired) electrons. The van der Waals surface area contributed by atoms with Gasteiger partial charge in [0.2, 0.25) is 0 Å². The molecule has 1 aromatic carbocycles. The van der Waals surface area contributed by atoms with Gasteiger partial charge in [-0.25, -0.2) is 0 Å². The van der Waals surface area contributed by atoms with Crippen LogP contribution >= 0.6 is 47.3 Å². The maximum absolute atomic E-state index is 5.89. The molecule has 2 N–H and O–H groups in total. The number of nitrogens with zero attached hydrogens (tertiary/aromatic N) is 2. The van der Waals surface area contributed by atoms with Gasteiger partial charge in [-0.2, -0.15) is 0 Å². The quantitative estimate of drug-likeness (QED) is 0.188. The summed E-state index contributed by atoms with van der Waals surface area (Å²) in [6, 6.07) is 7.89. The molecule has 1 heterocycles. The van der Waals surface area contributed by atoms with Gasteiger partial charge < -0.3 is 15.2 Å². The molecule has 1 unspecified atom stereocenters. The molecule has 8 heteroatoms. The Morgan fingerprint density at radius 2 is 1.96 bits per heavy atom. The summed E-state index contributed by atoms with van der Waals surface area (Å²) >= 11 is 7.68. The zero-order chi connectivity index (χ0) is 18.2. The van der Waals surface area contributed by atoms with Gasteiger partial charge in [0.15, 0.2) is 5.96 Å². The highest BCUT2D eigenvalue weighted by Crippen LogP contribution is 2.22. The number of halogens is 2. The second kappa shape index (κ2) is 11.7. The van der Waals surface area contributed by atoms with Crippen LogP contribution in [0.4, 0.5) is 0 Å². The lowest BCUT2D eigenvalue weighted by Crippen LogP contribution is -2.40. The van der Waals surface area contributed by atoms with Crippen molar-refractivity contribution in [3.8, 4) is 0 Å². The van der Waals surface area contributed by atoms with Crippen molar-refractivity contribution in [2.75, 3.05) is 25.9 Å². The van der Waals surface area contributed by atoms with E-state index >= 15 is 0 Å². The van der Waals surface area contributed by atoms with Gasteiger partial charge in [0.1, 0.15) is 5.76 Å². The van der Waals surface area contributed by atoms with E-state index in [4.69, 9.17) is 16.1 Å². The Bertz CT molecular complexity index is 686. The lowest BCUT2D eigenvalue weighted by Gasteiger charge is -2.16. The number of benzene rings is 1. The molecule has 0 spiro atoms. The molecular weight excluding hydrogens is 483 g/mol. The fourth-order valence-electron chi connectivity index (χ4n) is 2.64. The first kappa shape index (κ1) is 23.1. The summed E-state index contributed by atoms with van der Waals surface area (Å²) in [6.07, 6.45) is 0. The Balaban J connectivity index is 0.00000338. The van der Waals surface area contributed by atoms with E-state index in [0.29, 0.717) is 5.92 Å². The van der Waals surface area contributed by atoms with Gasteiger partial charge in [-0.3, -0.25) is 4.99 Å². The molecule has 0 saturated carbocycles. The molecule has 1 aromatic heterocycles. The SMILES string of the molecule is CN=C(NCCSc1ccc(Cl)cc1)NCC(C)c1c(C)noc1C.I. The topological polar surface area (TPSA) is 62.5 Å². The average molecular weight is 509 g/mol. The van der Waals surface area contributed by atoms with E-state index in [-0.39, 0.29) is 24.0 Å². The molecule has 0 aliphatic carbocycles. The van der Waals surface area contributed by atoms with Crippen molar-refractivity contribution < 1.29 is 4.52 Å². The normalized spacial score (nSPS) is 12.4. The van der Waals surface area contributed by atoms with E-state index < -0.39 is 0 Å². The molecule has 0 fully saturated rings. The fourth-order valence-corrected chi connectivity index (χ4v) is 3.53. The number of aliphatic imine (C=N–C) groups is 1. The predicted molar refractivity (Wildman–Crippen MR) is 121 cm³/mol. The maximum Gasteiger partial charge on any atom is 0.191 e.